The average Bonchev–Trinajstić information content (AvgIpc) is 3.70. The molecule has 0 atom stereocenters. The summed E-state index contributed by atoms with van der Waals surface area (Å²) in [6, 6.07) is 41.0. The van der Waals surface area contributed by atoms with E-state index in [0.29, 0.717) is 0 Å². The Labute approximate surface area is 344 Å². The van der Waals surface area contributed by atoms with Gasteiger partial charge in [0.15, 0.2) is 0 Å². The predicted octanol–water partition coefficient (Wildman–Crippen LogP) is 8.78. The van der Waals surface area contributed by atoms with E-state index >= 15 is 0 Å². The Hall–Kier alpha value is -2.61. The second-order valence-electron chi connectivity index (χ2n) is 15.6. The van der Waals surface area contributed by atoms with Crippen molar-refractivity contribution in [2.45, 2.75) is 111 Å². The second-order valence-corrected chi connectivity index (χ2v) is 15.6. The number of benzene rings is 4. The Morgan fingerprint density at radius 2 is 0.846 bits per heavy atom. The standard InChI is InChI=1S/2C23H27.C3H6.2ClH.Ti/c2*1-5-6-8-17-15-19-9-7-10-21(22(19)16-17)18-11-13-20(14-12-18)23(2,3)4;1-3-2;;;/h2*7,9-16H,5-6,8H2,1-4H3;1-3H2;2*1H;/q2*-1;-2;;;+2/p-2. The van der Waals surface area contributed by atoms with Gasteiger partial charge in [0.1, 0.15) is 0 Å². The SMILES string of the molecule is CCCCc1cc2c(-c3ccc(C(C)(C)C)cc3)cccc2[cH-]1.CCCCc1cc2c(-c3ccc(C(C)(C)C)cc3)cccc2[cH-]1.[CH2-]C[CH2-].[Cl-].[Cl-].[Ti+2]. The van der Waals surface area contributed by atoms with Gasteiger partial charge in [-0.1, -0.05) is 153 Å². The first-order chi connectivity index (χ1) is 23.4. The van der Waals surface area contributed by atoms with Gasteiger partial charge in [0.2, 0.25) is 0 Å². The number of unbranched alkanes of at least 4 members (excludes halogenated alkanes) is 2. The van der Waals surface area contributed by atoms with Crippen molar-refractivity contribution in [3.63, 3.8) is 0 Å². The Morgan fingerprint density at radius 3 is 1.13 bits per heavy atom. The molecule has 0 spiro atoms. The van der Waals surface area contributed by atoms with E-state index in [9.17, 15) is 0 Å². The monoisotopic (exact) mass is 766 g/mol. The van der Waals surface area contributed by atoms with Gasteiger partial charge in [0.25, 0.3) is 0 Å². The number of fused-ring (bicyclic) bond motifs is 2. The van der Waals surface area contributed by atoms with Gasteiger partial charge in [-0.15, -0.1) is 69.1 Å². The van der Waals surface area contributed by atoms with Gasteiger partial charge < -0.3 is 45.1 Å². The summed E-state index contributed by atoms with van der Waals surface area (Å²) in [6.45, 7) is 24.8. The van der Waals surface area contributed by atoms with Gasteiger partial charge in [0.05, 0.1) is 0 Å². The van der Waals surface area contributed by atoms with Crippen LogP contribution in [0.4, 0.5) is 0 Å². The first kappa shape index (κ1) is 47.4. The van der Waals surface area contributed by atoms with E-state index in [1.807, 2.05) is 0 Å². The van der Waals surface area contributed by atoms with Crippen LogP contribution in [0.25, 0.3) is 43.8 Å². The van der Waals surface area contributed by atoms with Gasteiger partial charge in [-0.2, -0.15) is 12.1 Å². The fraction of sp³-hybridized carbons (Fsp3) is 0.347. The summed E-state index contributed by atoms with van der Waals surface area (Å²) >= 11 is 0. The Bertz CT molecular complexity index is 1730. The summed E-state index contributed by atoms with van der Waals surface area (Å²) < 4.78 is 0. The van der Waals surface area contributed by atoms with Crippen molar-refractivity contribution in [2.24, 2.45) is 0 Å². The van der Waals surface area contributed by atoms with Crippen molar-refractivity contribution >= 4 is 21.5 Å². The maximum atomic E-state index is 3.38. The molecule has 0 fully saturated rings. The number of rotatable bonds is 8. The normalized spacial score (nSPS) is 11.0. The molecule has 52 heavy (non-hydrogen) atoms. The Balaban J connectivity index is 0.000000459. The quantitative estimate of drug-likeness (QED) is 0.107. The summed E-state index contributed by atoms with van der Waals surface area (Å²) in [7, 11) is 0. The molecule has 0 radical (unpaired) electrons. The molecule has 0 saturated heterocycles. The van der Waals surface area contributed by atoms with Crippen molar-refractivity contribution in [3.8, 4) is 22.3 Å². The van der Waals surface area contributed by atoms with Crippen LogP contribution in [0.15, 0.2) is 109 Å². The molecule has 278 valence electrons. The third-order valence-electron chi connectivity index (χ3n) is 9.38. The molecule has 0 bridgehead atoms. The van der Waals surface area contributed by atoms with E-state index in [2.05, 4.69) is 178 Å². The van der Waals surface area contributed by atoms with Crippen LogP contribution >= 0.6 is 0 Å². The van der Waals surface area contributed by atoms with E-state index < -0.39 is 0 Å². The summed E-state index contributed by atoms with van der Waals surface area (Å²) in [6.07, 6.45) is 8.17. The van der Waals surface area contributed by atoms with Crippen LogP contribution in [0.1, 0.15) is 110 Å². The van der Waals surface area contributed by atoms with Crippen molar-refractivity contribution in [2.75, 3.05) is 0 Å². The molecular weight excluding hydrogens is 707 g/mol. The molecule has 0 heterocycles. The van der Waals surface area contributed by atoms with E-state index in [0.717, 1.165) is 6.42 Å². The largest absolute Gasteiger partial charge is 2.00 e. The predicted molar refractivity (Wildman–Crippen MR) is 220 cm³/mol. The number of hydrogen-bond acceptors (Lipinski definition) is 0. The number of halogens is 2. The molecule has 0 aliphatic carbocycles. The van der Waals surface area contributed by atoms with Crippen molar-refractivity contribution < 1.29 is 46.5 Å². The molecule has 0 N–H and O–H groups in total. The van der Waals surface area contributed by atoms with Gasteiger partial charge in [0, 0.05) is 0 Å². The Morgan fingerprint density at radius 1 is 0.519 bits per heavy atom. The van der Waals surface area contributed by atoms with Gasteiger partial charge in [-0.05, 0) is 45.9 Å². The summed E-state index contributed by atoms with van der Waals surface area (Å²) in [4.78, 5) is 0. The zero-order valence-electron chi connectivity index (χ0n) is 33.0. The van der Waals surface area contributed by atoms with Gasteiger partial charge in [-0.3, -0.25) is 0 Å². The van der Waals surface area contributed by atoms with E-state index in [1.54, 1.807) is 0 Å². The minimum atomic E-state index is 0. The maximum absolute atomic E-state index is 3.38. The van der Waals surface area contributed by atoms with Crippen molar-refractivity contribution in [1.82, 2.24) is 0 Å². The molecule has 0 unspecified atom stereocenters. The van der Waals surface area contributed by atoms with Crippen LogP contribution in [0.2, 0.25) is 0 Å². The average molecular weight is 768 g/mol. The maximum Gasteiger partial charge on any atom is 2.00 e. The van der Waals surface area contributed by atoms with E-state index in [4.69, 9.17) is 0 Å². The number of hydrogen-bond donors (Lipinski definition) is 0. The molecular formula is C49H60Cl2Ti-4. The minimum Gasteiger partial charge on any atom is -1.00 e. The first-order valence-corrected chi connectivity index (χ1v) is 18.6. The van der Waals surface area contributed by atoms with Crippen LogP contribution in [0, 0.1) is 13.8 Å². The van der Waals surface area contributed by atoms with Crippen molar-refractivity contribution in [3.05, 3.63) is 145 Å². The molecule has 0 aliphatic heterocycles. The third kappa shape index (κ3) is 12.8. The van der Waals surface area contributed by atoms with Crippen LogP contribution in [0.3, 0.4) is 0 Å². The van der Waals surface area contributed by atoms with E-state index in [1.165, 1.54) is 105 Å². The molecule has 0 saturated carbocycles. The van der Waals surface area contributed by atoms with Crippen LogP contribution in [-0.2, 0) is 45.4 Å². The van der Waals surface area contributed by atoms with Crippen LogP contribution < -0.4 is 24.8 Å². The smallest absolute Gasteiger partial charge is 1.00 e. The fourth-order valence-electron chi connectivity index (χ4n) is 6.45. The molecule has 0 aromatic heterocycles. The first-order valence-electron chi connectivity index (χ1n) is 18.6. The molecule has 6 rings (SSSR count). The summed E-state index contributed by atoms with van der Waals surface area (Å²) in [5.74, 6) is 0. The van der Waals surface area contributed by atoms with Crippen LogP contribution in [0.5, 0.6) is 0 Å². The van der Waals surface area contributed by atoms with E-state index in [-0.39, 0.29) is 57.4 Å². The minimum absolute atomic E-state index is 0. The molecule has 6 aromatic carbocycles. The zero-order valence-corrected chi connectivity index (χ0v) is 36.1. The summed E-state index contributed by atoms with van der Waals surface area (Å²) in [5, 5.41) is 5.52. The topological polar surface area (TPSA) is 0 Å². The molecule has 0 amide bonds. The fourth-order valence-corrected chi connectivity index (χ4v) is 6.45. The molecule has 3 heteroatoms. The second kappa shape index (κ2) is 21.9. The van der Waals surface area contributed by atoms with Gasteiger partial charge in [-0.25, -0.2) is 0 Å². The number of aryl methyl sites for hydroxylation is 2. The molecule has 0 nitrogen and oxygen atoms in total. The van der Waals surface area contributed by atoms with Gasteiger partial charge >= 0.3 is 21.7 Å². The zero-order chi connectivity index (χ0) is 35.6. The van der Waals surface area contributed by atoms with Crippen molar-refractivity contribution in [1.29, 1.82) is 0 Å². The Kier molecular flexibility index (Phi) is 20.0. The molecule has 6 aromatic rings. The third-order valence-corrected chi connectivity index (χ3v) is 9.38. The van der Waals surface area contributed by atoms with Crippen LogP contribution in [-0.4, -0.2) is 0 Å². The molecule has 0 aliphatic rings. The summed E-state index contributed by atoms with van der Waals surface area (Å²) in [5.41, 5.74) is 11.5.